The summed E-state index contributed by atoms with van der Waals surface area (Å²) in [5, 5.41) is 3.90. The van der Waals surface area contributed by atoms with E-state index in [1.165, 1.54) is 0 Å². The van der Waals surface area contributed by atoms with E-state index in [2.05, 4.69) is 11.9 Å². The number of ether oxygens (including phenoxy) is 4. The van der Waals surface area contributed by atoms with Gasteiger partial charge >= 0.3 is 0 Å². The highest BCUT2D eigenvalue weighted by atomic mass is 35.5. The van der Waals surface area contributed by atoms with Crippen molar-refractivity contribution in [2.24, 2.45) is 0 Å². The Morgan fingerprint density at radius 1 is 1.16 bits per heavy atom. The molecule has 25 heavy (non-hydrogen) atoms. The average Bonchev–Trinajstić information content (AvgIpc) is 3.08. The zero-order valence-electron chi connectivity index (χ0n) is 14.0. The third-order valence-corrected chi connectivity index (χ3v) is 4.01. The van der Waals surface area contributed by atoms with Crippen molar-refractivity contribution in [3.05, 3.63) is 59.1 Å². The summed E-state index contributed by atoms with van der Waals surface area (Å²) >= 11 is 6.31. The fourth-order valence-electron chi connectivity index (χ4n) is 2.56. The van der Waals surface area contributed by atoms with Crippen LogP contribution in [0.3, 0.4) is 0 Å². The maximum atomic E-state index is 6.31. The van der Waals surface area contributed by atoms with Gasteiger partial charge in [0.05, 0.1) is 12.1 Å². The van der Waals surface area contributed by atoms with Gasteiger partial charge in [-0.2, -0.15) is 0 Å². The zero-order valence-corrected chi connectivity index (χ0v) is 14.8. The molecule has 6 heteroatoms. The first kappa shape index (κ1) is 17.5. The Bertz CT molecular complexity index is 763. The molecule has 5 nitrogen and oxygen atoms in total. The lowest BCUT2D eigenvalue weighted by atomic mass is 10.1. The number of nitrogens with one attached hydrogen (secondary N) is 1. The van der Waals surface area contributed by atoms with Gasteiger partial charge in [0.25, 0.3) is 0 Å². The fourth-order valence-corrected chi connectivity index (χ4v) is 2.85. The molecule has 0 saturated heterocycles. The number of fused-ring (bicyclic) bond motifs is 1. The van der Waals surface area contributed by atoms with Crippen LogP contribution in [0.4, 0.5) is 0 Å². The minimum Gasteiger partial charge on any atom is -0.493 e. The molecule has 2 aromatic rings. The molecule has 0 fully saturated rings. The normalized spacial score (nSPS) is 12.1. The Morgan fingerprint density at radius 2 is 1.96 bits per heavy atom. The van der Waals surface area contributed by atoms with Crippen LogP contribution >= 0.6 is 11.6 Å². The van der Waals surface area contributed by atoms with Crippen LogP contribution in [0.1, 0.15) is 11.1 Å². The standard InChI is InChI=1S/C19H20ClNO4/c1-3-6-23-19-15(20)7-14(9-18(19)22-2)11-21-10-13-4-5-16-17(8-13)25-12-24-16/h3-5,7-9,21H,1,6,10-12H2,2H3. The number of benzene rings is 2. The van der Waals surface area contributed by atoms with E-state index < -0.39 is 0 Å². The first-order chi connectivity index (χ1) is 12.2. The quantitative estimate of drug-likeness (QED) is 0.722. The van der Waals surface area contributed by atoms with Crippen molar-refractivity contribution < 1.29 is 18.9 Å². The molecular formula is C19H20ClNO4. The van der Waals surface area contributed by atoms with Crippen LogP contribution in [0, 0.1) is 0 Å². The van der Waals surface area contributed by atoms with E-state index >= 15 is 0 Å². The second kappa shape index (κ2) is 8.14. The van der Waals surface area contributed by atoms with Gasteiger partial charge in [0.2, 0.25) is 6.79 Å². The van der Waals surface area contributed by atoms with Crippen molar-refractivity contribution in [1.29, 1.82) is 0 Å². The lowest BCUT2D eigenvalue weighted by Gasteiger charge is -2.14. The van der Waals surface area contributed by atoms with Gasteiger partial charge < -0.3 is 24.3 Å². The van der Waals surface area contributed by atoms with Crippen LogP contribution in [0.2, 0.25) is 5.02 Å². The Hall–Kier alpha value is -2.37. The van der Waals surface area contributed by atoms with Gasteiger partial charge in [-0.25, -0.2) is 0 Å². The van der Waals surface area contributed by atoms with Crippen molar-refractivity contribution in [2.75, 3.05) is 20.5 Å². The monoisotopic (exact) mass is 361 g/mol. The summed E-state index contributed by atoms with van der Waals surface area (Å²) in [6.45, 7) is 5.63. The molecule has 1 heterocycles. The Morgan fingerprint density at radius 3 is 2.76 bits per heavy atom. The van der Waals surface area contributed by atoms with E-state index in [0.29, 0.717) is 36.2 Å². The highest BCUT2D eigenvalue weighted by Gasteiger charge is 2.14. The molecule has 0 saturated carbocycles. The molecular weight excluding hydrogens is 342 g/mol. The number of rotatable bonds is 8. The van der Waals surface area contributed by atoms with Crippen molar-refractivity contribution in [3.8, 4) is 23.0 Å². The summed E-state index contributed by atoms with van der Waals surface area (Å²) in [7, 11) is 1.59. The Balaban J connectivity index is 1.63. The van der Waals surface area contributed by atoms with E-state index in [9.17, 15) is 0 Å². The van der Waals surface area contributed by atoms with E-state index in [1.807, 2.05) is 30.3 Å². The van der Waals surface area contributed by atoms with Crippen LogP contribution in [0.15, 0.2) is 43.0 Å². The SMILES string of the molecule is C=CCOc1c(Cl)cc(CNCc2ccc3c(c2)OCO3)cc1OC. The smallest absolute Gasteiger partial charge is 0.231 e. The predicted molar refractivity (Wildman–Crippen MR) is 96.8 cm³/mol. The maximum absolute atomic E-state index is 6.31. The average molecular weight is 362 g/mol. The van der Waals surface area contributed by atoms with Crippen molar-refractivity contribution >= 4 is 11.6 Å². The van der Waals surface area contributed by atoms with Crippen molar-refractivity contribution in [2.45, 2.75) is 13.1 Å². The topological polar surface area (TPSA) is 49.0 Å². The third kappa shape index (κ3) is 4.18. The number of halogens is 1. The van der Waals surface area contributed by atoms with Crippen LogP contribution in [0.5, 0.6) is 23.0 Å². The number of hydrogen-bond donors (Lipinski definition) is 1. The van der Waals surface area contributed by atoms with E-state index in [0.717, 1.165) is 22.6 Å². The van der Waals surface area contributed by atoms with E-state index in [1.54, 1.807) is 13.2 Å². The van der Waals surface area contributed by atoms with Gasteiger partial charge in [-0.1, -0.05) is 30.3 Å². The van der Waals surface area contributed by atoms with Crippen molar-refractivity contribution in [1.82, 2.24) is 5.32 Å². The van der Waals surface area contributed by atoms with Crippen LogP contribution < -0.4 is 24.3 Å². The third-order valence-electron chi connectivity index (χ3n) is 3.73. The summed E-state index contributed by atoms with van der Waals surface area (Å²) in [4.78, 5) is 0. The molecule has 0 unspecified atom stereocenters. The number of hydrogen-bond acceptors (Lipinski definition) is 5. The molecule has 0 atom stereocenters. The molecule has 1 aliphatic rings. The summed E-state index contributed by atoms with van der Waals surface area (Å²) in [5.74, 6) is 2.71. The predicted octanol–water partition coefficient (Wildman–Crippen LogP) is 3.93. The second-order valence-corrected chi connectivity index (χ2v) is 5.91. The lowest BCUT2D eigenvalue weighted by molar-refractivity contribution is 0.174. The summed E-state index contributed by atoms with van der Waals surface area (Å²) in [5.41, 5.74) is 2.13. The van der Waals surface area contributed by atoms with Gasteiger partial charge in [-0.05, 0) is 35.4 Å². The highest BCUT2D eigenvalue weighted by molar-refractivity contribution is 6.32. The molecule has 0 amide bonds. The summed E-state index contributed by atoms with van der Waals surface area (Å²) in [6.07, 6.45) is 1.66. The Labute approximate surface area is 152 Å². The van der Waals surface area contributed by atoms with Crippen LogP contribution in [0.25, 0.3) is 0 Å². The van der Waals surface area contributed by atoms with E-state index in [-0.39, 0.29) is 6.79 Å². The lowest BCUT2D eigenvalue weighted by Crippen LogP contribution is -2.13. The first-order valence-corrected chi connectivity index (χ1v) is 8.28. The highest BCUT2D eigenvalue weighted by Crippen LogP contribution is 2.36. The van der Waals surface area contributed by atoms with Gasteiger partial charge in [0, 0.05) is 13.1 Å². The molecule has 1 N–H and O–H groups in total. The molecule has 0 aromatic heterocycles. The fraction of sp³-hybridized carbons (Fsp3) is 0.263. The van der Waals surface area contributed by atoms with Crippen LogP contribution in [-0.4, -0.2) is 20.5 Å². The van der Waals surface area contributed by atoms with Gasteiger partial charge in [0.15, 0.2) is 23.0 Å². The van der Waals surface area contributed by atoms with Crippen molar-refractivity contribution in [3.63, 3.8) is 0 Å². The minimum absolute atomic E-state index is 0.283. The molecule has 3 rings (SSSR count). The second-order valence-electron chi connectivity index (χ2n) is 5.50. The zero-order chi connectivity index (χ0) is 17.6. The first-order valence-electron chi connectivity index (χ1n) is 7.90. The largest absolute Gasteiger partial charge is 0.493 e. The molecule has 0 spiro atoms. The molecule has 1 aliphatic heterocycles. The van der Waals surface area contributed by atoms with Crippen LogP contribution in [-0.2, 0) is 13.1 Å². The van der Waals surface area contributed by atoms with Gasteiger partial charge in [-0.3, -0.25) is 0 Å². The minimum atomic E-state index is 0.283. The molecule has 132 valence electrons. The summed E-state index contributed by atoms with van der Waals surface area (Å²) < 4.78 is 21.6. The molecule has 0 bridgehead atoms. The Kier molecular flexibility index (Phi) is 5.68. The molecule has 0 radical (unpaired) electrons. The molecule has 2 aromatic carbocycles. The van der Waals surface area contributed by atoms with Gasteiger partial charge in [-0.15, -0.1) is 0 Å². The molecule has 0 aliphatic carbocycles. The summed E-state index contributed by atoms with van der Waals surface area (Å²) in [6, 6.07) is 9.70. The van der Waals surface area contributed by atoms with E-state index in [4.69, 9.17) is 30.5 Å². The number of methoxy groups -OCH3 is 1. The van der Waals surface area contributed by atoms with Gasteiger partial charge in [0.1, 0.15) is 6.61 Å². The maximum Gasteiger partial charge on any atom is 0.231 e.